The van der Waals surface area contributed by atoms with Crippen molar-refractivity contribution in [2.45, 2.75) is 51.7 Å². The van der Waals surface area contributed by atoms with Crippen LogP contribution in [0.15, 0.2) is 11.0 Å². The van der Waals surface area contributed by atoms with Gasteiger partial charge in [-0.3, -0.25) is 9.59 Å². The number of rotatable bonds is 11. The van der Waals surface area contributed by atoms with Gasteiger partial charge in [0, 0.05) is 33.3 Å². The summed E-state index contributed by atoms with van der Waals surface area (Å²) in [5.41, 5.74) is 1.61. The minimum absolute atomic E-state index is 0.0678. The highest BCUT2D eigenvalue weighted by molar-refractivity contribution is 6.76. The van der Waals surface area contributed by atoms with Crippen molar-refractivity contribution in [3.8, 4) is 0 Å². The summed E-state index contributed by atoms with van der Waals surface area (Å²) in [6, 6.07) is 1.07. The van der Waals surface area contributed by atoms with E-state index >= 15 is 0 Å². The third-order valence-corrected chi connectivity index (χ3v) is 6.41. The highest BCUT2D eigenvalue weighted by atomic mass is 28.3. The number of aromatic nitrogens is 2. The molecule has 28 heavy (non-hydrogen) atoms. The maximum Gasteiger partial charge on any atom is 0.307 e. The lowest BCUT2D eigenvalue weighted by Crippen LogP contribution is -2.38. The average molecular weight is 412 g/mol. The number of esters is 1. The molecular formula is C19H33N3O5Si. The molecular weight excluding hydrogens is 378 g/mol. The smallest absolute Gasteiger partial charge is 0.307 e. The van der Waals surface area contributed by atoms with Gasteiger partial charge in [0.25, 0.3) is 5.56 Å². The Morgan fingerprint density at radius 2 is 2.00 bits per heavy atom. The van der Waals surface area contributed by atoms with Crippen molar-refractivity contribution in [2.24, 2.45) is 0 Å². The second-order valence-corrected chi connectivity index (χ2v) is 13.8. The van der Waals surface area contributed by atoms with E-state index in [1.165, 1.54) is 11.8 Å². The molecule has 0 radical (unpaired) electrons. The summed E-state index contributed by atoms with van der Waals surface area (Å²) < 4.78 is 17.2. The van der Waals surface area contributed by atoms with Gasteiger partial charge in [0.1, 0.15) is 6.73 Å². The molecule has 1 aromatic rings. The van der Waals surface area contributed by atoms with Gasteiger partial charge in [0.2, 0.25) is 0 Å². The van der Waals surface area contributed by atoms with Crippen LogP contribution in [0.2, 0.25) is 25.7 Å². The zero-order chi connectivity index (χ0) is 20.6. The topological polar surface area (TPSA) is 82.9 Å². The predicted molar refractivity (Wildman–Crippen MR) is 111 cm³/mol. The second kappa shape index (κ2) is 10.7. The SMILES string of the molecule is COC(=O)CCOCCN1CCCc2c1cnn(COCC[Si](C)(C)C)c2=O. The predicted octanol–water partition coefficient (Wildman–Crippen LogP) is 1.89. The molecule has 1 aromatic heterocycles. The van der Waals surface area contributed by atoms with Crippen molar-refractivity contribution in [3.63, 3.8) is 0 Å². The van der Waals surface area contributed by atoms with E-state index in [-0.39, 0.29) is 24.7 Å². The Bertz CT molecular complexity index is 702. The number of hydrogen-bond donors (Lipinski definition) is 0. The van der Waals surface area contributed by atoms with Crippen molar-refractivity contribution >= 4 is 19.7 Å². The molecule has 0 aliphatic carbocycles. The number of carbonyl (C=O) groups excluding carboxylic acids is 1. The van der Waals surface area contributed by atoms with Crippen LogP contribution in [0.1, 0.15) is 18.4 Å². The number of fused-ring (bicyclic) bond motifs is 1. The van der Waals surface area contributed by atoms with Crippen LogP contribution in [0, 0.1) is 0 Å². The third-order valence-electron chi connectivity index (χ3n) is 4.71. The van der Waals surface area contributed by atoms with E-state index in [4.69, 9.17) is 9.47 Å². The fourth-order valence-corrected chi connectivity index (χ4v) is 3.74. The van der Waals surface area contributed by atoms with Gasteiger partial charge in [-0.05, 0) is 18.9 Å². The monoisotopic (exact) mass is 411 g/mol. The van der Waals surface area contributed by atoms with E-state index in [0.29, 0.717) is 26.4 Å². The van der Waals surface area contributed by atoms with E-state index in [1.807, 2.05) is 0 Å². The summed E-state index contributed by atoms with van der Waals surface area (Å²) in [5, 5.41) is 4.30. The number of ether oxygens (including phenoxy) is 3. The second-order valence-electron chi connectivity index (χ2n) is 8.19. The normalized spacial score (nSPS) is 14.1. The molecule has 2 heterocycles. The zero-order valence-corrected chi connectivity index (χ0v) is 18.5. The first kappa shape index (κ1) is 22.6. The Kier molecular flexibility index (Phi) is 8.65. The fourth-order valence-electron chi connectivity index (χ4n) is 2.98. The number of carbonyl (C=O) groups is 1. The molecule has 0 saturated carbocycles. The molecule has 0 fully saturated rings. The Hall–Kier alpha value is -1.71. The van der Waals surface area contributed by atoms with E-state index in [9.17, 15) is 9.59 Å². The average Bonchev–Trinajstić information content (AvgIpc) is 2.65. The highest BCUT2D eigenvalue weighted by Crippen LogP contribution is 2.22. The largest absolute Gasteiger partial charge is 0.469 e. The number of methoxy groups -OCH3 is 1. The van der Waals surface area contributed by atoms with Crippen LogP contribution in [0.5, 0.6) is 0 Å². The van der Waals surface area contributed by atoms with Crippen molar-refractivity contribution in [1.82, 2.24) is 9.78 Å². The molecule has 0 bridgehead atoms. The third kappa shape index (κ3) is 7.03. The lowest BCUT2D eigenvalue weighted by molar-refractivity contribution is -0.141. The molecule has 8 nitrogen and oxygen atoms in total. The molecule has 0 spiro atoms. The Balaban J connectivity index is 1.88. The molecule has 1 aliphatic heterocycles. The van der Waals surface area contributed by atoms with Gasteiger partial charge >= 0.3 is 5.97 Å². The van der Waals surface area contributed by atoms with Crippen LogP contribution in [0.4, 0.5) is 5.69 Å². The summed E-state index contributed by atoms with van der Waals surface area (Å²) in [6.45, 7) is 10.1. The van der Waals surface area contributed by atoms with Gasteiger partial charge in [-0.25, -0.2) is 4.68 Å². The van der Waals surface area contributed by atoms with Gasteiger partial charge < -0.3 is 19.1 Å². The van der Waals surface area contributed by atoms with Crippen molar-refractivity contribution in [1.29, 1.82) is 0 Å². The Morgan fingerprint density at radius 3 is 2.71 bits per heavy atom. The standard InChI is InChI=1S/C19H33N3O5Si/c1-25-18(23)7-10-26-11-9-21-8-5-6-16-17(21)14-20-22(19(16)24)15-27-12-13-28(2,3)4/h14H,5-13,15H2,1-4H3. The maximum absolute atomic E-state index is 12.8. The summed E-state index contributed by atoms with van der Waals surface area (Å²) >= 11 is 0. The van der Waals surface area contributed by atoms with E-state index in [2.05, 4.69) is 34.4 Å². The maximum atomic E-state index is 12.8. The van der Waals surface area contributed by atoms with Crippen molar-refractivity contribution in [3.05, 3.63) is 22.1 Å². The molecule has 158 valence electrons. The van der Waals surface area contributed by atoms with Crippen LogP contribution >= 0.6 is 0 Å². The molecule has 1 aliphatic rings. The van der Waals surface area contributed by atoms with Gasteiger partial charge in [-0.1, -0.05) is 19.6 Å². The first-order valence-corrected chi connectivity index (χ1v) is 13.6. The molecule has 0 aromatic carbocycles. The van der Waals surface area contributed by atoms with Gasteiger partial charge in [0.15, 0.2) is 0 Å². The van der Waals surface area contributed by atoms with Crippen molar-refractivity contribution in [2.75, 3.05) is 44.9 Å². The molecule has 0 atom stereocenters. The zero-order valence-electron chi connectivity index (χ0n) is 17.5. The lowest BCUT2D eigenvalue weighted by Gasteiger charge is -2.30. The minimum Gasteiger partial charge on any atom is -0.469 e. The minimum atomic E-state index is -1.15. The van der Waals surface area contributed by atoms with Crippen LogP contribution in [0.3, 0.4) is 0 Å². The quantitative estimate of drug-likeness (QED) is 0.312. The van der Waals surface area contributed by atoms with Crippen LogP contribution in [0.25, 0.3) is 0 Å². The molecule has 0 saturated heterocycles. The Morgan fingerprint density at radius 1 is 1.21 bits per heavy atom. The van der Waals surface area contributed by atoms with Crippen LogP contribution < -0.4 is 10.5 Å². The van der Waals surface area contributed by atoms with Gasteiger partial charge in [-0.15, -0.1) is 0 Å². The van der Waals surface area contributed by atoms with E-state index < -0.39 is 8.07 Å². The van der Waals surface area contributed by atoms with E-state index in [1.54, 1.807) is 6.20 Å². The summed E-state index contributed by atoms with van der Waals surface area (Å²) in [5.74, 6) is -0.278. The first-order valence-electron chi connectivity index (χ1n) is 9.88. The van der Waals surface area contributed by atoms with Crippen LogP contribution in [-0.2, 0) is 32.2 Å². The summed E-state index contributed by atoms with van der Waals surface area (Å²) in [4.78, 5) is 26.0. The Labute approximate surface area is 167 Å². The van der Waals surface area contributed by atoms with Crippen LogP contribution in [-0.4, -0.2) is 63.8 Å². The number of hydrogen-bond acceptors (Lipinski definition) is 7. The lowest BCUT2D eigenvalue weighted by atomic mass is 10.1. The molecule has 9 heteroatoms. The summed E-state index contributed by atoms with van der Waals surface area (Å²) in [6.07, 6.45) is 3.68. The molecule has 0 N–H and O–H groups in total. The van der Waals surface area contributed by atoms with Gasteiger partial charge in [0.05, 0.1) is 38.6 Å². The summed E-state index contributed by atoms with van der Waals surface area (Å²) in [7, 11) is 0.219. The van der Waals surface area contributed by atoms with Crippen molar-refractivity contribution < 1.29 is 19.0 Å². The van der Waals surface area contributed by atoms with Gasteiger partial charge in [-0.2, -0.15) is 5.10 Å². The number of anilines is 1. The first-order chi connectivity index (χ1) is 13.3. The van der Waals surface area contributed by atoms with E-state index in [0.717, 1.165) is 36.7 Å². The molecule has 0 amide bonds. The molecule has 0 unspecified atom stereocenters. The fraction of sp³-hybridized carbons (Fsp3) is 0.737. The molecule has 2 rings (SSSR count). The number of nitrogens with zero attached hydrogens (tertiary/aromatic N) is 3. The highest BCUT2D eigenvalue weighted by Gasteiger charge is 2.21.